The van der Waals surface area contributed by atoms with Crippen LogP contribution in [-0.4, -0.2) is 43.0 Å². The van der Waals surface area contributed by atoms with Crippen molar-refractivity contribution in [3.8, 4) is 28.5 Å². The lowest BCUT2D eigenvalue weighted by Gasteiger charge is -2.20. The predicted octanol–water partition coefficient (Wildman–Crippen LogP) is 4.69. The Hall–Kier alpha value is -3.58. The van der Waals surface area contributed by atoms with Crippen molar-refractivity contribution in [2.24, 2.45) is 0 Å². The van der Waals surface area contributed by atoms with Crippen molar-refractivity contribution in [3.05, 3.63) is 71.9 Å². The summed E-state index contributed by atoms with van der Waals surface area (Å²) in [6, 6.07) is 18.8. The summed E-state index contributed by atoms with van der Waals surface area (Å²) in [5, 5.41) is 8.80. The Bertz CT molecular complexity index is 1030. The van der Waals surface area contributed by atoms with Gasteiger partial charge in [0.05, 0.1) is 25.1 Å². The first-order valence-corrected chi connectivity index (χ1v) is 10.3. The average Bonchev–Trinajstić information content (AvgIpc) is 2.81. The maximum atomic E-state index is 10.7. The van der Waals surface area contributed by atoms with Crippen LogP contribution in [0.1, 0.15) is 24.3 Å². The van der Waals surface area contributed by atoms with Crippen LogP contribution in [0, 0.1) is 6.92 Å². The minimum absolute atomic E-state index is 0.339. The zero-order valence-corrected chi connectivity index (χ0v) is 18.4. The van der Waals surface area contributed by atoms with Crippen molar-refractivity contribution in [1.29, 1.82) is 0 Å². The fraction of sp³-hybridized carbons (Fsp3) is 0.280. The van der Waals surface area contributed by atoms with Crippen LogP contribution in [0.4, 0.5) is 0 Å². The molecule has 0 fully saturated rings. The molecule has 0 bridgehead atoms. The Morgan fingerprint density at radius 3 is 2.47 bits per heavy atom. The topological polar surface area (TPSA) is 87.1 Å². The van der Waals surface area contributed by atoms with E-state index in [-0.39, 0.29) is 0 Å². The Balaban J connectivity index is 1.82. The van der Waals surface area contributed by atoms with Crippen LogP contribution < -0.4 is 14.2 Å². The van der Waals surface area contributed by atoms with Crippen LogP contribution in [-0.2, 0) is 9.53 Å². The second-order valence-corrected chi connectivity index (χ2v) is 7.05. The summed E-state index contributed by atoms with van der Waals surface area (Å²) in [6.07, 6.45) is -0.418. The molecule has 7 nitrogen and oxygen atoms in total. The smallest absolute Gasteiger partial charge is 0.341 e. The van der Waals surface area contributed by atoms with Crippen LogP contribution in [0.2, 0.25) is 0 Å². The standard InChI is InChI=1S/C25H27NO6/c1-4-30-15-24(32-20-12-13-23(17(2)14-20)31-16-25(27)28)22-7-5-6-21(26-22)18-8-10-19(29-3)11-9-18/h5-14,24H,4,15-16H2,1-3H3,(H,27,28). The second kappa shape index (κ2) is 11.2. The maximum absolute atomic E-state index is 10.7. The molecule has 1 N–H and O–H groups in total. The fourth-order valence-corrected chi connectivity index (χ4v) is 3.12. The summed E-state index contributed by atoms with van der Waals surface area (Å²) in [4.78, 5) is 15.5. The number of carbonyl (C=O) groups is 1. The number of hydrogen-bond acceptors (Lipinski definition) is 6. The van der Waals surface area contributed by atoms with Gasteiger partial charge in [0, 0.05) is 12.2 Å². The Morgan fingerprint density at radius 1 is 1.06 bits per heavy atom. The number of benzene rings is 2. The molecule has 7 heteroatoms. The Morgan fingerprint density at radius 2 is 1.81 bits per heavy atom. The van der Waals surface area contributed by atoms with Crippen molar-refractivity contribution in [3.63, 3.8) is 0 Å². The molecule has 0 spiro atoms. The van der Waals surface area contributed by atoms with E-state index in [4.69, 9.17) is 29.0 Å². The largest absolute Gasteiger partial charge is 0.497 e. The number of methoxy groups -OCH3 is 1. The van der Waals surface area contributed by atoms with Gasteiger partial charge in [-0.2, -0.15) is 0 Å². The normalized spacial score (nSPS) is 11.6. The predicted molar refractivity (Wildman–Crippen MR) is 120 cm³/mol. The summed E-state index contributed by atoms with van der Waals surface area (Å²) < 4.78 is 22.4. The van der Waals surface area contributed by atoms with Crippen molar-refractivity contribution in [2.75, 3.05) is 26.9 Å². The van der Waals surface area contributed by atoms with E-state index in [2.05, 4.69) is 0 Å². The van der Waals surface area contributed by atoms with Crippen molar-refractivity contribution < 1.29 is 28.8 Å². The molecule has 0 aliphatic carbocycles. The molecule has 0 amide bonds. The van der Waals surface area contributed by atoms with Gasteiger partial charge in [0.15, 0.2) is 12.7 Å². The van der Waals surface area contributed by atoms with E-state index in [1.165, 1.54) is 0 Å². The van der Waals surface area contributed by atoms with Crippen molar-refractivity contribution in [2.45, 2.75) is 20.0 Å². The highest BCUT2D eigenvalue weighted by Gasteiger charge is 2.17. The average molecular weight is 437 g/mol. The lowest BCUT2D eigenvalue weighted by molar-refractivity contribution is -0.139. The second-order valence-electron chi connectivity index (χ2n) is 7.05. The van der Waals surface area contributed by atoms with Crippen LogP contribution >= 0.6 is 0 Å². The monoisotopic (exact) mass is 437 g/mol. The van der Waals surface area contributed by atoms with E-state index in [1.807, 2.05) is 62.4 Å². The third-order valence-corrected chi connectivity index (χ3v) is 4.74. The Labute approximate surface area is 187 Å². The lowest BCUT2D eigenvalue weighted by Crippen LogP contribution is -2.16. The molecule has 3 rings (SSSR count). The number of hydrogen-bond donors (Lipinski definition) is 1. The van der Waals surface area contributed by atoms with Crippen LogP contribution in [0.3, 0.4) is 0 Å². The number of rotatable bonds is 11. The molecular formula is C25H27NO6. The maximum Gasteiger partial charge on any atom is 0.341 e. The number of aryl methyl sites for hydroxylation is 1. The number of carboxylic acid groups (broad SMARTS) is 1. The summed E-state index contributed by atoms with van der Waals surface area (Å²) in [6.45, 7) is 4.27. The van der Waals surface area contributed by atoms with Crippen molar-refractivity contribution >= 4 is 5.97 Å². The molecule has 1 aromatic heterocycles. The number of carboxylic acids is 1. The highest BCUT2D eigenvalue weighted by molar-refractivity contribution is 5.68. The summed E-state index contributed by atoms with van der Waals surface area (Å²) in [5.74, 6) is 0.880. The van der Waals surface area contributed by atoms with Gasteiger partial charge < -0.3 is 24.1 Å². The number of ether oxygens (including phenoxy) is 4. The highest BCUT2D eigenvalue weighted by atomic mass is 16.5. The van der Waals surface area contributed by atoms with Crippen LogP contribution in [0.15, 0.2) is 60.7 Å². The van der Waals surface area contributed by atoms with Gasteiger partial charge in [-0.25, -0.2) is 9.78 Å². The molecule has 0 aliphatic heterocycles. The van der Waals surface area contributed by atoms with Gasteiger partial charge in [0.25, 0.3) is 0 Å². The van der Waals surface area contributed by atoms with Gasteiger partial charge in [-0.05, 0) is 74.0 Å². The van der Waals surface area contributed by atoms with Gasteiger partial charge >= 0.3 is 5.97 Å². The number of aromatic nitrogens is 1. The molecule has 2 aromatic carbocycles. The molecule has 3 aromatic rings. The minimum atomic E-state index is -1.02. The van der Waals surface area contributed by atoms with Crippen LogP contribution in [0.25, 0.3) is 11.3 Å². The molecule has 32 heavy (non-hydrogen) atoms. The Kier molecular flexibility index (Phi) is 8.05. The number of pyridine rings is 1. The summed E-state index contributed by atoms with van der Waals surface area (Å²) in [7, 11) is 1.63. The molecule has 1 atom stereocenters. The first kappa shape index (κ1) is 23.1. The van der Waals surface area contributed by atoms with E-state index in [0.717, 1.165) is 28.3 Å². The number of aliphatic carboxylic acids is 1. The fourth-order valence-electron chi connectivity index (χ4n) is 3.12. The molecule has 1 unspecified atom stereocenters. The molecule has 0 radical (unpaired) electrons. The zero-order valence-electron chi connectivity index (χ0n) is 18.4. The van der Waals surface area contributed by atoms with Crippen LogP contribution in [0.5, 0.6) is 17.2 Å². The first-order valence-electron chi connectivity index (χ1n) is 10.3. The van der Waals surface area contributed by atoms with Crippen molar-refractivity contribution in [1.82, 2.24) is 4.98 Å². The molecule has 1 heterocycles. The van der Waals surface area contributed by atoms with Gasteiger partial charge in [-0.15, -0.1) is 0 Å². The molecular weight excluding hydrogens is 410 g/mol. The quantitative estimate of drug-likeness (QED) is 0.466. The molecule has 0 aliphatic rings. The molecule has 0 saturated heterocycles. The van der Waals surface area contributed by atoms with E-state index in [1.54, 1.807) is 19.2 Å². The van der Waals surface area contributed by atoms with E-state index < -0.39 is 18.7 Å². The molecule has 168 valence electrons. The number of nitrogens with zero attached hydrogens (tertiary/aromatic N) is 1. The first-order chi connectivity index (χ1) is 15.5. The van der Waals surface area contributed by atoms with E-state index in [0.29, 0.717) is 24.7 Å². The highest BCUT2D eigenvalue weighted by Crippen LogP contribution is 2.28. The third-order valence-electron chi connectivity index (χ3n) is 4.74. The SMILES string of the molecule is CCOCC(Oc1ccc(OCC(=O)O)c(C)c1)c1cccc(-c2ccc(OC)cc2)n1. The van der Waals surface area contributed by atoms with Gasteiger partial charge in [0.2, 0.25) is 0 Å². The minimum Gasteiger partial charge on any atom is -0.497 e. The van der Waals surface area contributed by atoms with E-state index in [9.17, 15) is 4.79 Å². The van der Waals surface area contributed by atoms with Gasteiger partial charge in [-0.3, -0.25) is 0 Å². The summed E-state index contributed by atoms with van der Waals surface area (Å²) >= 11 is 0. The van der Waals surface area contributed by atoms with E-state index >= 15 is 0 Å². The van der Waals surface area contributed by atoms with Gasteiger partial charge in [-0.1, -0.05) is 6.07 Å². The lowest BCUT2D eigenvalue weighted by atomic mass is 10.1. The summed E-state index contributed by atoms with van der Waals surface area (Å²) in [5.41, 5.74) is 3.32. The molecule has 0 saturated carbocycles. The van der Waals surface area contributed by atoms with Gasteiger partial charge in [0.1, 0.15) is 17.2 Å². The third kappa shape index (κ3) is 6.21. The zero-order chi connectivity index (χ0) is 22.9.